The zero-order valence-corrected chi connectivity index (χ0v) is 55.1. The van der Waals surface area contributed by atoms with Gasteiger partial charge in [0.2, 0.25) is 0 Å². The fraction of sp³-hybridized carbons (Fsp3) is 0.863. The van der Waals surface area contributed by atoms with Crippen molar-refractivity contribution in [1.82, 2.24) is 0 Å². The smallest absolute Gasteiger partial charge is 0.335 e. The highest BCUT2D eigenvalue weighted by Crippen LogP contribution is 2.27. The Kier molecular flexibility index (Phi) is 57.6. The number of unbranched alkanes of at least 4 members (excludes halogenated alkanes) is 43. The topological polar surface area (TPSA) is 175 Å². The number of carboxylic acid groups (broad SMARTS) is 1. The maximum absolute atomic E-state index is 13.2. The summed E-state index contributed by atoms with van der Waals surface area (Å²) in [5.74, 6) is -3.09. The molecule has 1 rings (SSSR count). The summed E-state index contributed by atoms with van der Waals surface area (Å²) in [5, 5.41) is 31.7. The molecule has 12 heteroatoms. The van der Waals surface area contributed by atoms with Gasteiger partial charge in [-0.1, -0.05) is 295 Å². The Labute approximate surface area is 521 Å². The first-order valence-electron chi connectivity index (χ1n) is 36.0. The number of aliphatic hydroxyl groups is 2. The molecule has 3 N–H and O–H groups in total. The first kappa shape index (κ1) is 80.0. The second kappa shape index (κ2) is 61.2. The van der Waals surface area contributed by atoms with E-state index in [1.807, 2.05) is 0 Å². The Morgan fingerprint density at radius 3 is 1.09 bits per heavy atom. The van der Waals surface area contributed by atoms with Crippen LogP contribution in [0.2, 0.25) is 0 Å². The Morgan fingerprint density at radius 2 is 0.706 bits per heavy atom. The molecule has 1 saturated heterocycles. The molecule has 1 fully saturated rings. The summed E-state index contributed by atoms with van der Waals surface area (Å²) in [6.45, 7) is 6.04. The van der Waals surface area contributed by atoms with Gasteiger partial charge in [0.05, 0.1) is 6.61 Å². The Bertz CT molecular complexity index is 1610. The molecule has 0 aromatic heterocycles. The molecule has 496 valence electrons. The Balaban J connectivity index is 2.61. The third-order valence-electron chi connectivity index (χ3n) is 16.7. The van der Waals surface area contributed by atoms with E-state index in [1.54, 1.807) is 0 Å². The Morgan fingerprint density at radius 1 is 0.388 bits per heavy atom. The van der Waals surface area contributed by atoms with Crippen molar-refractivity contribution in [2.75, 3.05) is 13.2 Å². The maximum Gasteiger partial charge on any atom is 0.335 e. The molecule has 1 aliphatic rings. The summed E-state index contributed by atoms with van der Waals surface area (Å²) in [5.41, 5.74) is 0. The first-order valence-corrected chi connectivity index (χ1v) is 36.0. The van der Waals surface area contributed by atoms with Crippen molar-refractivity contribution in [2.45, 2.75) is 391 Å². The van der Waals surface area contributed by atoms with Crippen LogP contribution in [0.25, 0.3) is 0 Å². The number of carbonyl (C=O) groups is 4. The van der Waals surface area contributed by atoms with Crippen molar-refractivity contribution >= 4 is 23.9 Å². The minimum atomic E-state index is -1.90. The van der Waals surface area contributed by atoms with E-state index in [4.69, 9.17) is 23.7 Å². The summed E-state index contributed by atoms with van der Waals surface area (Å²) in [6.07, 6.45) is 62.4. The van der Waals surface area contributed by atoms with Crippen molar-refractivity contribution in [2.24, 2.45) is 0 Å². The van der Waals surface area contributed by atoms with E-state index in [0.29, 0.717) is 19.3 Å². The van der Waals surface area contributed by atoms with Crippen molar-refractivity contribution < 1.29 is 58.2 Å². The molecule has 1 aliphatic heterocycles. The average molecular weight is 1200 g/mol. The number of ether oxygens (including phenoxy) is 5. The van der Waals surface area contributed by atoms with Gasteiger partial charge in [0.1, 0.15) is 18.8 Å². The number of carboxylic acids is 1. The first-order chi connectivity index (χ1) is 41.6. The van der Waals surface area contributed by atoms with Crippen LogP contribution >= 0.6 is 0 Å². The quantitative estimate of drug-likeness (QED) is 0.0228. The molecule has 12 nitrogen and oxygen atoms in total. The highest BCUT2D eigenvalue weighted by atomic mass is 16.7. The molecule has 85 heavy (non-hydrogen) atoms. The van der Waals surface area contributed by atoms with E-state index < -0.39 is 67.3 Å². The average Bonchev–Trinajstić information content (AvgIpc) is 2.79. The van der Waals surface area contributed by atoms with Crippen molar-refractivity contribution in [3.05, 3.63) is 36.5 Å². The fourth-order valence-electron chi connectivity index (χ4n) is 11.2. The van der Waals surface area contributed by atoms with Crippen LogP contribution in [-0.2, 0) is 42.9 Å². The molecule has 0 aliphatic carbocycles. The second-order valence-electron chi connectivity index (χ2n) is 24.9. The van der Waals surface area contributed by atoms with Crippen LogP contribution in [-0.4, -0.2) is 89.2 Å². The zero-order valence-electron chi connectivity index (χ0n) is 55.1. The molecular formula is C73H132O12. The standard InChI is InChI=1S/C73H132O12/c1-4-7-10-13-16-19-22-25-28-31-33-36-38-41-44-47-50-53-56-59-65(74)81-62-64(83-66(75)60-57-54-51-48-45-42-39-35-30-27-24-21-18-15-12-9-6-3)63-82-73-71(69(78)68(77)70(85-73)72(79)80)84-67(76)61-58-55-52-49-46-43-40-37-34-32-29-26-23-20-17-14-11-8-5-2/h17,20,26-27,29-30,64,68-71,73,77-78H,4-16,18-19,21-25,28,31-63H2,1-3H3,(H,79,80)/b20-17-,29-26-,30-27-. The number of esters is 3. The van der Waals surface area contributed by atoms with E-state index in [1.165, 1.54) is 205 Å². The number of carbonyl (C=O) groups excluding carboxylic acids is 3. The molecule has 0 spiro atoms. The minimum absolute atomic E-state index is 0.0588. The van der Waals surface area contributed by atoms with Gasteiger partial charge in [0.25, 0.3) is 0 Å². The lowest BCUT2D eigenvalue weighted by Crippen LogP contribution is -2.61. The third kappa shape index (κ3) is 50.5. The normalized spacial score (nSPS) is 17.6. The van der Waals surface area contributed by atoms with Gasteiger partial charge in [-0.25, -0.2) is 4.79 Å². The maximum atomic E-state index is 13.2. The van der Waals surface area contributed by atoms with Crippen LogP contribution < -0.4 is 0 Å². The van der Waals surface area contributed by atoms with Gasteiger partial charge in [0.15, 0.2) is 24.6 Å². The van der Waals surface area contributed by atoms with Crippen LogP contribution in [0.4, 0.5) is 0 Å². The predicted octanol–water partition coefficient (Wildman–Crippen LogP) is 19.9. The van der Waals surface area contributed by atoms with Crippen LogP contribution in [0.15, 0.2) is 36.5 Å². The van der Waals surface area contributed by atoms with Gasteiger partial charge < -0.3 is 39.0 Å². The van der Waals surface area contributed by atoms with Crippen molar-refractivity contribution in [3.8, 4) is 0 Å². The molecule has 0 amide bonds. The van der Waals surface area contributed by atoms with Gasteiger partial charge >= 0.3 is 23.9 Å². The highest BCUT2D eigenvalue weighted by Gasteiger charge is 2.50. The molecule has 1 heterocycles. The van der Waals surface area contributed by atoms with E-state index in [-0.39, 0.29) is 25.9 Å². The predicted molar refractivity (Wildman–Crippen MR) is 350 cm³/mol. The molecule has 0 radical (unpaired) electrons. The number of aliphatic carboxylic acids is 1. The lowest BCUT2D eigenvalue weighted by Gasteiger charge is -2.40. The molecule has 0 aromatic rings. The summed E-state index contributed by atoms with van der Waals surface area (Å²) in [7, 11) is 0. The SMILES string of the molecule is CCCCC/C=C\C/C=C\CCCCCCCCCCCC(=O)OC1C(OCC(COC(=O)CCCCCCCCCCCCCCCCCCCCC)OC(=O)CCCCCCCCC/C=C\CCCCCCCC)OC(C(=O)O)C(O)C1O. The molecule has 0 saturated carbocycles. The second-order valence-corrected chi connectivity index (χ2v) is 24.9. The molecule has 0 aromatic carbocycles. The van der Waals surface area contributed by atoms with Crippen molar-refractivity contribution in [3.63, 3.8) is 0 Å². The lowest BCUT2D eigenvalue weighted by molar-refractivity contribution is -0.301. The third-order valence-corrected chi connectivity index (χ3v) is 16.7. The number of hydrogen-bond acceptors (Lipinski definition) is 11. The van der Waals surface area contributed by atoms with Crippen LogP contribution in [0.5, 0.6) is 0 Å². The number of allylic oxidation sites excluding steroid dienone is 6. The van der Waals surface area contributed by atoms with E-state index in [9.17, 15) is 34.5 Å². The van der Waals surface area contributed by atoms with Crippen LogP contribution in [0.3, 0.4) is 0 Å². The van der Waals surface area contributed by atoms with E-state index >= 15 is 0 Å². The van der Waals surface area contributed by atoms with E-state index in [0.717, 1.165) is 89.9 Å². The van der Waals surface area contributed by atoms with Gasteiger partial charge in [-0.2, -0.15) is 0 Å². The zero-order chi connectivity index (χ0) is 61.7. The largest absolute Gasteiger partial charge is 0.479 e. The lowest BCUT2D eigenvalue weighted by atomic mass is 9.98. The van der Waals surface area contributed by atoms with Gasteiger partial charge in [-0.3, -0.25) is 14.4 Å². The summed E-state index contributed by atoms with van der Waals surface area (Å²) in [4.78, 5) is 51.5. The summed E-state index contributed by atoms with van der Waals surface area (Å²) in [6, 6.07) is 0. The van der Waals surface area contributed by atoms with E-state index in [2.05, 4.69) is 57.2 Å². The molecule has 0 bridgehead atoms. The minimum Gasteiger partial charge on any atom is -0.479 e. The molecule has 6 unspecified atom stereocenters. The summed E-state index contributed by atoms with van der Waals surface area (Å²) < 4.78 is 28.7. The van der Waals surface area contributed by atoms with Gasteiger partial charge in [0, 0.05) is 19.3 Å². The van der Waals surface area contributed by atoms with Crippen molar-refractivity contribution in [1.29, 1.82) is 0 Å². The fourth-order valence-corrected chi connectivity index (χ4v) is 11.2. The monoisotopic (exact) mass is 1200 g/mol. The molecule has 6 atom stereocenters. The molecular weight excluding hydrogens is 1070 g/mol. The number of hydrogen-bond donors (Lipinski definition) is 3. The van der Waals surface area contributed by atoms with Crippen LogP contribution in [0.1, 0.15) is 355 Å². The van der Waals surface area contributed by atoms with Crippen LogP contribution in [0, 0.1) is 0 Å². The Hall–Kier alpha value is -3.06. The van der Waals surface area contributed by atoms with Gasteiger partial charge in [-0.15, -0.1) is 0 Å². The van der Waals surface area contributed by atoms with Gasteiger partial charge in [-0.05, 0) is 77.0 Å². The summed E-state index contributed by atoms with van der Waals surface area (Å²) >= 11 is 0. The number of rotatable bonds is 63. The number of aliphatic hydroxyl groups excluding tert-OH is 2. The highest BCUT2D eigenvalue weighted by molar-refractivity contribution is 5.74.